The summed E-state index contributed by atoms with van der Waals surface area (Å²) >= 11 is 0. The van der Waals surface area contributed by atoms with E-state index in [-0.39, 0.29) is 42.2 Å². The molecule has 28 heavy (non-hydrogen) atoms. The minimum absolute atomic E-state index is 0. The first kappa shape index (κ1) is 25.0. The summed E-state index contributed by atoms with van der Waals surface area (Å²) in [5.74, 6) is 1.19. The molecule has 5 nitrogen and oxygen atoms in total. The summed E-state index contributed by atoms with van der Waals surface area (Å²) in [6.45, 7) is 9.13. The highest BCUT2D eigenvalue weighted by molar-refractivity contribution is 5.85. The van der Waals surface area contributed by atoms with Crippen LogP contribution in [0.1, 0.15) is 45.1 Å². The molecule has 0 spiro atoms. The van der Waals surface area contributed by atoms with Gasteiger partial charge in [-0.25, -0.2) is 0 Å². The van der Waals surface area contributed by atoms with Crippen molar-refractivity contribution >= 4 is 30.7 Å². The maximum absolute atomic E-state index is 12.9. The van der Waals surface area contributed by atoms with E-state index in [4.69, 9.17) is 10.5 Å². The fraction of sp³-hybridized carbons (Fsp3) is 0.667. The van der Waals surface area contributed by atoms with Crippen LogP contribution in [-0.4, -0.2) is 54.0 Å². The molecular formula is C21H35Cl2N3O2. The van der Waals surface area contributed by atoms with Crippen LogP contribution in [0.4, 0.5) is 0 Å². The van der Waals surface area contributed by atoms with Crippen LogP contribution in [0.2, 0.25) is 0 Å². The minimum Gasteiger partial charge on any atom is -0.494 e. The van der Waals surface area contributed by atoms with Gasteiger partial charge in [0.1, 0.15) is 5.75 Å². The highest BCUT2D eigenvalue weighted by Gasteiger charge is 2.40. The zero-order valence-corrected chi connectivity index (χ0v) is 18.7. The Morgan fingerprint density at radius 2 is 1.79 bits per heavy atom. The molecule has 1 aromatic rings. The van der Waals surface area contributed by atoms with Gasteiger partial charge in [-0.05, 0) is 44.4 Å². The summed E-state index contributed by atoms with van der Waals surface area (Å²) in [7, 11) is 0. The first-order valence-corrected chi connectivity index (χ1v) is 10.0. The molecule has 0 bridgehead atoms. The van der Waals surface area contributed by atoms with Crippen molar-refractivity contribution in [2.45, 2.75) is 51.6 Å². The van der Waals surface area contributed by atoms with Gasteiger partial charge in [0.05, 0.1) is 12.5 Å². The van der Waals surface area contributed by atoms with Crippen molar-refractivity contribution in [3.63, 3.8) is 0 Å². The van der Waals surface area contributed by atoms with Crippen molar-refractivity contribution in [2.75, 3.05) is 32.8 Å². The number of carbonyl (C=O) groups excluding carboxylic acids is 1. The van der Waals surface area contributed by atoms with Gasteiger partial charge >= 0.3 is 0 Å². The molecule has 0 aromatic heterocycles. The molecule has 1 heterocycles. The van der Waals surface area contributed by atoms with E-state index in [0.29, 0.717) is 6.61 Å². The number of ether oxygens (including phenoxy) is 1. The van der Waals surface area contributed by atoms with Gasteiger partial charge in [0.2, 0.25) is 5.91 Å². The lowest BCUT2D eigenvalue weighted by Gasteiger charge is -2.42. The van der Waals surface area contributed by atoms with E-state index in [1.165, 1.54) is 5.56 Å². The van der Waals surface area contributed by atoms with Crippen molar-refractivity contribution < 1.29 is 9.53 Å². The van der Waals surface area contributed by atoms with Crippen LogP contribution in [0, 0.1) is 5.92 Å². The fourth-order valence-corrected chi connectivity index (χ4v) is 4.23. The topological polar surface area (TPSA) is 58.8 Å². The average molecular weight is 432 g/mol. The summed E-state index contributed by atoms with van der Waals surface area (Å²) in [4.78, 5) is 17.4. The molecule has 1 aromatic carbocycles. The van der Waals surface area contributed by atoms with Crippen LogP contribution in [0.15, 0.2) is 24.3 Å². The predicted octanol–water partition coefficient (Wildman–Crippen LogP) is 3.48. The SMILES string of the molecule is CCOc1ccc(CN2CCN(C(=O)C3CCCCC3(C)N)CC2)cc1.Cl.Cl. The highest BCUT2D eigenvalue weighted by Crippen LogP contribution is 2.33. The first-order valence-electron chi connectivity index (χ1n) is 10.0. The molecule has 0 radical (unpaired) electrons. The van der Waals surface area contributed by atoms with Gasteiger partial charge in [-0.3, -0.25) is 9.69 Å². The van der Waals surface area contributed by atoms with Crippen LogP contribution in [-0.2, 0) is 11.3 Å². The Kier molecular flexibility index (Phi) is 10.1. The fourth-order valence-electron chi connectivity index (χ4n) is 4.23. The molecule has 2 unspecified atom stereocenters. The molecule has 1 saturated carbocycles. The van der Waals surface area contributed by atoms with Gasteiger partial charge in [-0.1, -0.05) is 25.0 Å². The molecule has 7 heteroatoms. The number of carbonyl (C=O) groups is 1. The molecule has 2 fully saturated rings. The van der Waals surface area contributed by atoms with E-state index in [1.54, 1.807) is 0 Å². The zero-order valence-electron chi connectivity index (χ0n) is 17.1. The third-order valence-electron chi connectivity index (χ3n) is 5.88. The summed E-state index contributed by atoms with van der Waals surface area (Å²) in [6, 6.07) is 8.32. The Bertz CT molecular complexity index is 602. The van der Waals surface area contributed by atoms with Crippen LogP contribution in [0.5, 0.6) is 5.75 Å². The number of benzene rings is 1. The normalized spacial score (nSPS) is 25.4. The Morgan fingerprint density at radius 1 is 1.14 bits per heavy atom. The Labute approximate surface area is 181 Å². The van der Waals surface area contributed by atoms with Crippen LogP contribution in [0.3, 0.4) is 0 Å². The van der Waals surface area contributed by atoms with Gasteiger partial charge in [0.25, 0.3) is 0 Å². The molecule has 160 valence electrons. The number of nitrogens with zero attached hydrogens (tertiary/aromatic N) is 2. The molecule has 2 atom stereocenters. The molecule has 1 aliphatic carbocycles. The van der Waals surface area contributed by atoms with Crippen LogP contribution in [0.25, 0.3) is 0 Å². The predicted molar refractivity (Wildman–Crippen MR) is 119 cm³/mol. The summed E-state index contributed by atoms with van der Waals surface area (Å²) < 4.78 is 5.50. The molecule has 3 rings (SSSR count). The maximum atomic E-state index is 12.9. The van der Waals surface area contributed by atoms with E-state index < -0.39 is 0 Å². The smallest absolute Gasteiger partial charge is 0.227 e. The monoisotopic (exact) mass is 431 g/mol. The largest absolute Gasteiger partial charge is 0.494 e. The highest BCUT2D eigenvalue weighted by atomic mass is 35.5. The van der Waals surface area contributed by atoms with E-state index in [1.807, 2.05) is 24.0 Å². The van der Waals surface area contributed by atoms with E-state index in [2.05, 4.69) is 24.0 Å². The summed E-state index contributed by atoms with van der Waals surface area (Å²) in [5.41, 5.74) is 7.37. The van der Waals surface area contributed by atoms with Crippen molar-refractivity contribution in [1.29, 1.82) is 0 Å². The first-order chi connectivity index (χ1) is 12.5. The van der Waals surface area contributed by atoms with Crippen LogP contribution < -0.4 is 10.5 Å². The number of hydrogen-bond acceptors (Lipinski definition) is 4. The number of hydrogen-bond donors (Lipinski definition) is 1. The number of amides is 1. The second-order valence-corrected chi connectivity index (χ2v) is 7.98. The van der Waals surface area contributed by atoms with Gasteiger partial charge in [-0.2, -0.15) is 0 Å². The van der Waals surface area contributed by atoms with Gasteiger partial charge in [0, 0.05) is 38.3 Å². The van der Waals surface area contributed by atoms with Crippen molar-refractivity contribution in [2.24, 2.45) is 11.7 Å². The Balaban J connectivity index is 0.00000196. The molecular weight excluding hydrogens is 397 g/mol. The third kappa shape index (κ3) is 6.24. The van der Waals surface area contributed by atoms with E-state index >= 15 is 0 Å². The zero-order chi connectivity index (χ0) is 18.6. The molecule has 1 aliphatic heterocycles. The standard InChI is InChI=1S/C21H33N3O2.2ClH/c1-3-26-18-9-7-17(8-10-18)16-23-12-14-24(15-13-23)20(25)19-6-4-5-11-21(19,2)22;;/h7-10,19H,3-6,11-16,22H2,1-2H3;2*1H. The molecule has 2 aliphatic rings. The molecule has 2 N–H and O–H groups in total. The Hall–Kier alpha value is -1.01. The number of piperazine rings is 1. The van der Waals surface area contributed by atoms with E-state index in [9.17, 15) is 4.79 Å². The summed E-state index contributed by atoms with van der Waals surface area (Å²) in [6.07, 6.45) is 4.17. The van der Waals surface area contributed by atoms with Gasteiger partial charge in [0.15, 0.2) is 0 Å². The summed E-state index contributed by atoms with van der Waals surface area (Å²) in [5, 5.41) is 0. The van der Waals surface area contributed by atoms with Gasteiger partial charge < -0.3 is 15.4 Å². The lowest BCUT2D eigenvalue weighted by molar-refractivity contribution is -0.140. The molecule has 1 amide bonds. The molecule has 1 saturated heterocycles. The quantitative estimate of drug-likeness (QED) is 0.774. The van der Waals surface area contributed by atoms with Gasteiger partial charge in [-0.15, -0.1) is 24.8 Å². The number of halogens is 2. The number of nitrogens with two attached hydrogens (primary N) is 1. The lowest BCUT2D eigenvalue weighted by atomic mass is 9.74. The second kappa shape index (κ2) is 11.2. The Morgan fingerprint density at radius 3 is 2.36 bits per heavy atom. The number of rotatable bonds is 5. The van der Waals surface area contributed by atoms with E-state index in [0.717, 1.165) is 64.2 Å². The maximum Gasteiger partial charge on any atom is 0.227 e. The van der Waals surface area contributed by atoms with Crippen LogP contribution >= 0.6 is 24.8 Å². The van der Waals surface area contributed by atoms with Crippen molar-refractivity contribution in [3.8, 4) is 5.75 Å². The van der Waals surface area contributed by atoms with Crippen molar-refractivity contribution in [1.82, 2.24) is 9.80 Å². The van der Waals surface area contributed by atoms with Crippen molar-refractivity contribution in [3.05, 3.63) is 29.8 Å². The minimum atomic E-state index is -0.339. The average Bonchev–Trinajstić information content (AvgIpc) is 2.63. The second-order valence-electron chi connectivity index (χ2n) is 7.98. The lowest BCUT2D eigenvalue weighted by Crippen LogP contribution is -2.57. The third-order valence-corrected chi connectivity index (χ3v) is 5.88.